The Morgan fingerprint density at radius 2 is 1.94 bits per heavy atom. The van der Waals surface area contributed by atoms with E-state index in [1.54, 1.807) is 0 Å². The van der Waals surface area contributed by atoms with Gasteiger partial charge in [-0.05, 0) is 38.1 Å². The number of guanidine groups is 1. The molecule has 31 heavy (non-hydrogen) atoms. The number of carboxylic acids is 1. The number of amides is 3. The van der Waals surface area contributed by atoms with Crippen molar-refractivity contribution < 1.29 is 24.3 Å². The molecule has 0 aromatic rings. The molecule has 0 aromatic heterocycles. The van der Waals surface area contributed by atoms with Crippen LogP contribution >= 0.6 is 0 Å². The van der Waals surface area contributed by atoms with Crippen molar-refractivity contribution in [1.29, 1.82) is 0 Å². The molecule has 1 fully saturated rings. The molecule has 9 N–H and O–H groups in total. The van der Waals surface area contributed by atoms with Crippen LogP contribution in [0.2, 0.25) is 0 Å². The number of carbonyl (C=O) groups is 4. The van der Waals surface area contributed by atoms with Crippen LogP contribution in [0.1, 0.15) is 46.0 Å². The van der Waals surface area contributed by atoms with Crippen LogP contribution in [-0.4, -0.2) is 72.5 Å². The molecule has 1 rings (SSSR count). The highest BCUT2D eigenvalue weighted by Gasteiger charge is 2.30. The molecule has 0 spiro atoms. The van der Waals surface area contributed by atoms with Crippen molar-refractivity contribution in [1.82, 2.24) is 21.3 Å². The van der Waals surface area contributed by atoms with Crippen LogP contribution in [0.15, 0.2) is 4.99 Å². The van der Waals surface area contributed by atoms with Gasteiger partial charge in [0.05, 0.1) is 12.6 Å². The first-order valence-electron chi connectivity index (χ1n) is 10.5. The van der Waals surface area contributed by atoms with Crippen molar-refractivity contribution in [3.63, 3.8) is 0 Å². The van der Waals surface area contributed by atoms with Crippen LogP contribution in [-0.2, 0) is 19.2 Å². The Morgan fingerprint density at radius 1 is 1.23 bits per heavy atom. The molecule has 1 heterocycles. The number of nitrogens with zero attached hydrogens (tertiary/aromatic N) is 1. The standard InChI is InChI=1S/C19H35N7O5/c1-3-11(2)15(26-16(28)12-6-4-8-22-12)17(29)24-10-14(27)25-13(18(30)31)7-5-9-23-19(20)21/h11-13,15,22H,3-10H2,1-2H3,(H,24,29)(H,25,27)(H,26,28)(H,30,31)(H4,20,21,23). The van der Waals surface area contributed by atoms with Gasteiger partial charge < -0.3 is 37.8 Å². The smallest absolute Gasteiger partial charge is 0.326 e. The molecule has 1 saturated heterocycles. The van der Waals surface area contributed by atoms with Crippen LogP contribution in [0.3, 0.4) is 0 Å². The van der Waals surface area contributed by atoms with Crippen LogP contribution in [0.4, 0.5) is 0 Å². The molecule has 4 atom stereocenters. The highest BCUT2D eigenvalue weighted by atomic mass is 16.4. The average molecular weight is 442 g/mol. The van der Waals surface area contributed by atoms with Crippen molar-refractivity contribution in [3.05, 3.63) is 0 Å². The summed E-state index contributed by atoms with van der Waals surface area (Å²) in [5, 5.41) is 20.0. The Labute approximate surface area is 182 Å². The van der Waals surface area contributed by atoms with Crippen molar-refractivity contribution >= 4 is 29.7 Å². The summed E-state index contributed by atoms with van der Waals surface area (Å²) in [6.07, 6.45) is 2.75. The number of hydrogen-bond acceptors (Lipinski definition) is 6. The zero-order chi connectivity index (χ0) is 23.4. The van der Waals surface area contributed by atoms with Gasteiger partial charge in [-0.3, -0.25) is 19.4 Å². The summed E-state index contributed by atoms with van der Waals surface area (Å²) in [6.45, 7) is 4.34. The van der Waals surface area contributed by atoms with Crippen LogP contribution in [0, 0.1) is 5.92 Å². The third-order valence-electron chi connectivity index (χ3n) is 5.17. The number of nitrogens with two attached hydrogens (primary N) is 2. The fourth-order valence-electron chi connectivity index (χ4n) is 3.15. The van der Waals surface area contributed by atoms with Gasteiger partial charge in [0.1, 0.15) is 12.1 Å². The fraction of sp³-hybridized carbons (Fsp3) is 0.737. The van der Waals surface area contributed by atoms with Crippen molar-refractivity contribution in [3.8, 4) is 0 Å². The third-order valence-corrected chi connectivity index (χ3v) is 5.17. The van der Waals surface area contributed by atoms with E-state index in [1.807, 2.05) is 13.8 Å². The summed E-state index contributed by atoms with van der Waals surface area (Å²) in [4.78, 5) is 52.2. The molecule has 1 aliphatic rings. The van der Waals surface area contributed by atoms with Crippen molar-refractivity contribution in [2.24, 2.45) is 22.4 Å². The summed E-state index contributed by atoms with van der Waals surface area (Å²) in [5.74, 6) is -2.81. The van der Waals surface area contributed by atoms with Gasteiger partial charge >= 0.3 is 5.97 Å². The number of hydrogen-bond donors (Lipinski definition) is 7. The molecule has 3 amide bonds. The quantitative estimate of drug-likeness (QED) is 0.0966. The average Bonchev–Trinajstić information content (AvgIpc) is 3.26. The van der Waals surface area contributed by atoms with Gasteiger partial charge in [0.2, 0.25) is 17.7 Å². The minimum Gasteiger partial charge on any atom is -0.480 e. The molecule has 0 aromatic carbocycles. The lowest BCUT2D eigenvalue weighted by Gasteiger charge is -2.25. The van der Waals surface area contributed by atoms with E-state index in [9.17, 15) is 24.3 Å². The maximum Gasteiger partial charge on any atom is 0.326 e. The Kier molecular flexibility index (Phi) is 11.3. The molecule has 176 valence electrons. The Morgan fingerprint density at radius 3 is 2.48 bits per heavy atom. The van der Waals surface area contributed by atoms with E-state index in [0.29, 0.717) is 19.3 Å². The number of rotatable bonds is 13. The van der Waals surface area contributed by atoms with Gasteiger partial charge in [0.25, 0.3) is 0 Å². The monoisotopic (exact) mass is 441 g/mol. The van der Waals surface area contributed by atoms with Crippen LogP contribution in [0.5, 0.6) is 0 Å². The van der Waals surface area contributed by atoms with Gasteiger partial charge in [-0.25, -0.2) is 4.79 Å². The summed E-state index contributed by atoms with van der Waals surface area (Å²) in [6, 6.07) is -2.24. The maximum absolute atomic E-state index is 12.6. The van der Waals surface area contributed by atoms with E-state index in [0.717, 1.165) is 13.0 Å². The SMILES string of the molecule is CCC(C)C(NC(=O)C1CCCN1)C(=O)NCC(=O)NC(CCCN=C(N)N)C(=O)O. The van der Waals surface area contributed by atoms with E-state index in [2.05, 4.69) is 26.3 Å². The van der Waals surface area contributed by atoms with E-state index >= 15 is 0 Å². The number of carboxylic acid groups (broad SMARTS) is 1. The first kappa shape index (κ1) is 26.1. The molecule has 0 bridgehead atoms. The number of nitrogens with one attached hydrogen (secondary N) is 4. The molecule has 0 radical (unpaired) electrons. The largest absolute Gasteiger partial charge is 0.480 e. The Balaban J connectivity index is 2.56. The molecule has 12 nitrogen and oxygen atoms in total. The van der Waals surface area contributed by atoms with Crippen molar-refractivity contribution in [2.75, 3.05) is 19.6 Å². The normalized spacial score (nSPS) is 18.3. The third kappa shape index (κ3) is 9.64. The molecule has 12 heteroatoms. The Bertz CT molecular complexity index is 660. The number of aliphatic carboxylic acids is 1. The van der Waals surface area contributed by atoms with Crippen molar-refractivity contribution in [2.45, 2.75) is 64.1 Å². The first-order valence-corrected chi connectivity index (χ1v) is 10.5. The van der Waals surface area contributed by atoms with E-state index in [1.165, 1.54) is 0 Å². The predicted octanol–water partition coefficient (Wildman–Crippen LogP) is -1.99. The van der Waals surface area contributed by atoms with Gasteiger partial charge in [-0.15, -0.1) is 0 Å². The Hall–Kier alpha value is -2.89. The van der Waals surface area contributed by atoms with Gasteiger partial charge in [0.15, 0.2) is 5.96 Å². The second-order valence-corrected chi connectivity index (χ2v) is 7.65. The first-order chi connectivity index (χ1) is 14.6. The number of aliphatic imine (C=N–C) groups is 1. The highest BCUT2D eigenvalue weighted by molar-refractivity contribution is 5.92. The van der Waals surface area contributed by atoms with E-state index in [4.69, 9.17) is 11.5 Å². The highest BCUT2D eigenvalue weighted by Crippen LogP contribution is 2.11. The molecule has 0 saturated carbocycles. The molecule has 0 aliphatic carbocycles. The second kappa shape index (κ2) is 13.4. The topological polar surface area (TPSA) is 201 Å². The number of carbonyl (C=O) groups excluding carboxylic acids is 3. The lowest BCUT2D eigenvalue weighted by Crippen LogP contribution is -2.55. The summed E-state index contributed by atoms with van der Waals surface area (Å²) in [7, 11) is 0. The summed E-state index contributed by atoms with van der Waals surface area (Å²) in [5.41, 5.74) is 10.4. The summed E-state index contributed by atoms with van der Waals surface area (Å²) >= 11 is 0. The lowest BCUT2D eigenvalue weighted by atomic mass is 9.97. The van der Waals surface area contributed by atoms with Crippen LogP contribution < -0.4 is 32.7 Å². The molecule has 1 aliphatic heterocycles. The minimum atomic E-state index is -1.20. The van der Waals surface area contributed by atoms with Gasteiger partial charge in [-0.2, -0.15) is 0 Å². The lowest BCUT2D eigenvalue weighted by molar-refractivity contribution is -0.142. The maximum atomic E-state index is 12.6. The molecular weight excluding hydrogens is 406 g/mol. The zero-order valence-electron chi connectivity index (χ0n) is 18.1. The zero-order valence-corrected chi connectivity index (χ0v) is 18.1. The van der Waals surface area contributed by atoms with E-state index < -0.39 is 36.4 Å². The summed E-state index contributed by atoms with van der Waals surface area (Å²) < 4.78 is 0. The molecule has 4 unspecified atom stereocenters. The van der Waals surface area contributed by atoms with Gasteiger partial charge in [-0.1, -0.05) is 20.3 Å². The van der Waals surface area contributed by atoms with Crippen LogP contribution in [0.25, 0.3) is 0 Å². The second-order valence-electron chi connectivity index (χ2n) is 7.65. The van der Waals surface area contributed by atoms with Gasteiger partial charge in [0, 0.05) is 6.54 Å². The minimum absolute atomic E-state index is 0.0923. The fourth-order valence-corrected chi connectivity index (χ4v) is 3.15. The molecular formula is C19H35N7O5. The predicted molar refractivity (Wildman–Crippen MR) is 115 cm³/mol. The van der Waals surface area contributed by atoms with E-state index in [-0.39, 0.29) is 36.8 Å².